The first-order chi connectivity index (χ1) is 11.1. The van der Waals surface area contributed by atoms with E-state index in [1.807, 2.05) is 6.07 Å². The van der Waals surface area contributed by atoms with Crippen molar-refractivity contribution in [2.75, 3.05) is 46.5 Å². The summed E-state index contributed by atoms with van der Waals surface area (Å²) in [5.41, 5.74) is 0.0620. The molecule has 0 spiro atoms. The topological polar surface area (TPSA) is 88.0 Å². The summed E-state index contributed by atoms with van der Waals surface area (Å²) in [5.74, 6) is -0.774. The number of ether oxygens (including phenoxy) is 2. The average Bonchev–Trinajstić information content (AvgIpc) is 3.07. The number of carboxylic acid groups (broad SMARTS) is 1. The van der Waals surface area contributed by atoms with Crippen LogP contribution >= 0.6 is 0 Å². The van der Waals surface area contributed by atoms with E-state index in [9.17, 15) is 9.90 Å². The van der Waals surface area contributed by atoms with Crippen molar-refractivity contribution in [1.82, 2.24) is 19.8 Å². The van der Waals surface area contributed by atoms with Crippen molar-refractivity contribution < 1.29 is 19.4 Å². The molecule has 1 N–H and O–H groups in total. The highest BCUT2D eigenvalue weighted by molar-refractivity contribution is 5.79. The van der Waals surface area contributed by atoms with E-state index in [2.05, 4.69) is 19.8 Å². The van der Waals surface area contributed by atoms with E-state index in [4.69, 9.17) is 9.47 Å². The zero-order valence-corrected chi connectivity index (χ0v) is 13.3. The smallest absolute Gasteiger partial charge is 0.326 e. The third-order valence-corrected chi connectivity index (χ3v) is 4.64. The second-order valence-electron chi connectivity index (χ2n) is 5.94. The minimum Gasteiger partial charge on any atom is -0.480 e. The van der Waals surface area contributed by atoms with Crippen LogP contribution in [-0.4, -0.2) is 82.9 Å². The van der Waals surface area contributed by atoms with E-state index >= 15 is 0 Å². The Morgan fingerprint density at radius 3 is 2.83 bits per heavy atom. The molecule has 0 saturated carbocycles. The summed E-state index contributed by atoms with van der Waals surface area (Å²) in [4.78, 5) is 24.3. The summed E-state index contributed by atoms with van der Waals surface area (Å²) in [6, 6.07) is 2.24. The molecular formula is C15H22N4O4. The molecule has 0 aliphatic carbocycles. The van der Waals surface area contributed by atoms with E-state index in [0.29, 0.717) is 25.6 Å². The predicted molar refractivity (Wildman–Crippen MR) is 81.2 cm³/mol. The van der Waals surface area contributed by atoms with Crippen molar-refractivity contribution in [3.05, 3.63) is 18.0 Å². The standard InChI is InChI=1S/C15H22N4O4/c1-22-14-16-4-2-12(17-14)10-18-5-7-19(8-6-18)15(13(20)21)3-9-23-11-15/h2,4H,3,5-11H2,1H3,(H,20,21). The quantitative estimate of drug-likeness (QED) is 0.800. The van der Waals surface area contributed by atoms with E-state index in [-0.39, 0.29) is 6.61 Å². The number of rotatable bonds is 5. The minimum atomic E-state index is -0.843. The van der Waals surface area contributed by atoms with Gasteiger partial charge in [-0.05, 0) is 6.07 Å². The van der Waals surface area contributed by atoms with Crippen LogP contribution in [0.1, 0.15) is 12.1 Å². The zero-order valence-electron chi connectivity index (χ0n) is 13.3. The number of hydrogen-bond donors (Lipinski definition) is 1. The van der Waals surface area contributed by atoms with Crippen LogP contribution in [0.5, 0.6) is 6.01 Å². The van der Waals surface area contributed by atoms with Gasteiger partial charge in [0.1, 0.15) is 5.54 Å². The minimum absolute atomic E-state index is 0.283. The number of aliphatic carboxylic acids is 1. The van der Waals surface area contributed by atoms with E-state index < -0.39 is 11.5 Å². The number of hydrogen-bond acceptors (Lipinski definition) is 7. The van der Waals surface area contributed by atoms with E-state index in [0.717, 1.165) is 31.9 Å². The lowest BCUT2D eigenvalue weighted by Gasteiger charge is -2.42. The molecule has 126 valence electrons. The largest absolute Gasteiger partial charge is 0.480 e. The molecule has 0 aromatic carbocycles. The summed E-state index contributed by atoms with van der Waals surface area (Å²) in [5, 5.41) is 9.61. The summed E-state index contributed by atoms with van der Waals surface area (Å²) in [6.45, 7) is 4.57. The summed E-state index contributed by atoms with van der Waals surface area (Å²) in [6.07, 6.45) is 2.25. The fourth-order valence-electron chi connectivity index (χ4n) is 3.23. The fourth-order valence-corrected chi connectivity index (χ4v) is 3.23. The Bertz CT molecular complexity index is 554. The Labute approximate surface area is 135 Å². The second kappa shape index (κ2) is 6.77. The fraction of sp³-hybridized carbons (Fsp3) is 0.667. The maximum absolute atomic E-state index is 11.7. The molecule has 1 atom stereocenters. The van der Waals surface area contributed by atoms with Crippen LogP contribution in [0, 0.1) is 0 Å². The molecule has 1 aromatic heterocycles. The van der Waals surface area contributed by atoms with Gasteiger partial charge in [-0.2, -0.15) is 4.98 Å². The van der Waals surface area contributed by atoms with Gasteiger partial charge in [0, 0.05) is 51.9 Å². The van der Waals surface area contributed by atoms with Crippen LogP contribution in [0.15, 0.2) is 12.3 Å². The van der Waals surface area contributed by atoms with Crippen molar-refractivity contribution in [2.45, 2.75) is 18.5 Å². The highest BCUT2D eigenvalue weighted by Crippen LogP contribution is 2.28. The van der Waals surface area contributed by atoms with E-state index in [1.165, 1.54) is 0 Å². The number of piperazine rings is 1. The van der Waals surface area contributed by atoms with Crippen molar-refractivity contribution >= 4 is 5.97 Å². The van der Waals surface area contributed by atoms with Crippen LogP contribution in [-0.2, 0) is 16.1 Å². The molecular weight excluding hydrogens is 300 g/mol. The molecule has 8 heteroatoms. The zero-order chi connectivity index (χ0) is 16.3. The number of methoxy groups -OCH3 is 1. The normalized spacial score (nSPS) is 26.3. The number of carboxylic acids is 1. The SMILES string of the molecule is COc1nccc(CN2CCN(C3(C(=O)O)CCOC3)CC2)n1. The molecule has 2 saturated heterocycles. The van der Waals surface area contributed by atoms with Crippen LogP contribution in [0.4, 0.5) is 0 Å². The molecule has 1 unspecified atom stereocenters. The van der Waals surface area contributed by atoms with Gasteiger partial charge in [0.15, 0.2) is 0 Å². The molecule has 0 radical (unpaired) electrons. The Hall–Kier alpha value is -1.77. The Morgan fingerprint density at radius 1 is 1.43 bits per heavy atom. The van der Waals surface area contributed by atoms with Crippen molar-refractivity contribution in [3.63, 3.8) is 0 Å². The first-order valence-electron chi connectivity index (χ1n) is 7.78. The van der Waals surface area contributed by atoms with Crippen LogP contribution < -0.4 is 4.74 Å². The molecule has 2 aliphatic heterocycles. The molecule has 0 bridgehead atoms. The van der Waals surface area contributed by atoms with Crippen molar-refractivity contribution in [1.29, 1.82) is 0 Å². The highest BCUT2D eigenvalue weighted by atomic mass is 16.5. The van der Waals surface area contributed by atoms with Gasteiger partial charge in [0.2, 0.25) is 0 Å². The Balaban J connectivity index is 1.59. The van der Waals surface area contributed by atoms with Gasteiger partial charge in [0.25, 0.3) is 0 Å². The van der Waals surface area contributed by atoms with Gasteiger partial charge in [-0.25, -0.2) is 4.98 Å². The third-order valence-electron chi connectivity index (χ3n) is 4.64. The lowest BCUT2D eigenvalue weighted by atomic mass is 9.95. The van der Waals surface area contributed by atoms with E-state index in [1.54, 1.807) is 13.3 Å². The monoisotopic (exact) mass is 322 g/mol. The van der Waals surface area contributed by atoms with Crippen molar-refractivity contribution in [2.24, 2.45) is 0 Å². The van der Waals surface area contributed by atoms with Gasteiger partial charge in [0.05, 0.1) is 19.4 Å². The number of aromatic nitrogens is 2. The lowest BCUT2D eigenvalue weighted by molar-refractivity contribution is -0.153. The van der Waals surface area contributed by atoms with Gasteiger partial charge in [-0.15, -0.1) is 0 Å². The van der Waals surface area contributed by atoms with Crippen LogP contribution in [0.3, 0.4) is 0 Å². The Kier molecular flexibility index (Phi) is 4.74. The molecule has 3 heterocycles. The molecule has 0 amide bonds. The Morgan fingerprint density at radius 2 is 2.22 bits per heavy atom. The molecule has 23 heavy (non-hydrogen) atoms. The lowest BCUT2D eigenvalue weighted by Crippen LogP contribution is -2.61. The predicted octanol–water partition coefficient (Wildman–Crippen LogP) is -0.153. The average molecular weight is 322 g/mol. The first kappa shape index (κ1) is 16.1. The summed E-state index contributed by atoms with van der Waals surface area (Å²) < 4.78 is 10.4. The van der Waals surface area contributed by atoms with Crippen molar-refractivity contribution in [3.8, 4) is 6.01 Å². The van der Waals surface area contributed by atoms with Gasteiger partial charge in [-0.1, -0.05) is 0 Å². The van der Waals surface area contributed by atoms with Crippen LogP contribution in [0.2, 0.25) is 0 Å². The molecule has 3 rings (SSSR count). The number of carbonyl (C=O) groups is 1. The van der Waals surface area contributed by atoms with Gasteiger partial charge < -0.3 is 14.6 Å². The summed E-state index contributed by atoms with van der Waals surface area (Å²) in [7, 11) is 1.55. The highest BCUT2D eigenvalue weighted by Gasteiger charge is 2.48. The maximum atomic E-state index is 11.7. The molecule has 1 aromatic rings. The second-order valence-corrected chi connectivity index (χ2v) is 5.94. The molecule has 2 aliphatic rings. The first-order valence-corrected chi connectivity index (χ1v) is 7.78. The molecule has 2 fully saturated rings. The molecule has 8 nitrogen and oxygen atoms in total. The van der Waals surface area contributed by atoms with Crippen LogP contribution in [0.25, 0.3) is 0 Å². The summed E-state index contributed by atoms with van der Waals surface area (Å²) >= 11 is 0. The number of nitrogens with zero attached hydrogens (tertiary/aromatic N) is 4. The van der Waals surface area contributed by atoms with Gasteiger partial charge >= 0.3 is 12.0 Å². The third kappa shape index (κ3) is 3.29. The van der Waals surface area contributed by atoms with Gasteiger partial charge in [-0.3, -0.25) is 14.6 Å². The maximum Gasteiger partial charge on any atom is 0.326 e.